The number of hydrogen-bond donors (Lipinski definition) is 2. The van der Waals surface area contributed by atoms with Crippen LogP contribution in [0.5, 0.6) is 11.5 Å². The Bertz CT molecular complexity index is 900. The molecule has 23 heavy (non-hydrogen) atoms. The molecule has 7 nitrogen and oxygen atoms in total. The lowest BCUT2D eigenvalue weighted by atomic mass is 10.1. The number of nitro benzene ring substituents is 1. The highest BCUT2D eigenvalue weighted by atomic mass is 35.5. The van der Waals surface area contributed by atoms with Crippen molar-refractivity contribution in [2.75, 3.05) is 7.11 Å². The summed E-state index contributed by atoms with van der Waals surface area (Å²) < 4.78 is 4.97. The van der Waals surface area contributed by atoms with E-state index in [0.717, 1.165) is 0 Å². The van der Waals surface area contributed by atoms with Gasteiger partial charge in [0.1, 0.15) is 5.82 Å². The van der Waals surface area contributed by atoms with E-state index in [1.807, 2.05) is 0 Å². The fourth-order valence-corrected chi connectivity index (χ4v) is 2.49. The fraction of sp³-hybridized carbons (Fsp3) is 0.0714. The van der Waals surface area contributed by atoms with Crippen LogP contribution in [0.15, 0.2) is 24.3 Å². The maximum atomic E-state index is 11.1. The minimum absolute atomic E-state index is 0.0225. The molecule has 2 N–H and O–H groups in total. The molecule has 0 aliphatic carbocycles. The number of halogens is 2. The van der Waals surface area contributed by atoms with Crippen molar-refractivity contribution in [3.8, 4) is 22.9 Å². The quantitative estimate of drug-likeness (QED) is 0.543. The predicted octanol–water partition coefficient (Wildman–Crippen LogP) is 4.16. The first-order valence-electron chi connectivity index (χ1n) is 6.31. The van der Waals surface area contributed by atoms with E-state index in [4.69, 9.17) is 27.9 Å². The third-order valence-corrected chi connectivity index (χ3v) is 3.99. The highest BCUT2D eigenvalue weighted by Gasteiger charge is 2.21. The number of ether oxygens (including phenoxy) is 1. The largest absolute Gasteiger partial charge is 0.500 e. The zero-order chi connectivity index (χ0) is 16.7. The molecule has 0 aliphatic heterocycles. The molecule has 0 unspecified atom stereocenters. The number of nitro groups is 1. The number of aromatic hydroxyl groups is 1. The van der Waals surface area contributed by atoms with Crippen molar-refractivity contribution in [1.82, 2.24) is 9.97 Å². The van der Waals surface area contributed by atoms with Crippen LogP contribution in [0.3, 0.4) is 0 Å². The number of fused-ring (bicyclic) bond motifs is 1. The number of benzene rings is 2. The predicted molar refractivity (Wildman–Crippen MR) is 86.4 cm³/mol. The van der Waals surface area contributed by atoms with Gasteiger partial charge in [-0.3, -0.25) is 10.1 Å². The molecule has 0 bridgehead atoms. The van der Waals surface area contributed by atoms with Gasteiger partial charge in [-0.25, -0.2) is 4.98 Å². The van der Waals surface area contributed by atoms with Crippen LogP contribution in [0.4, 0.5) is 5.69 Å². The number of phenolic OH excluding ortho intramolecular Hbond substituents is 1. The van der Waals surface area contributed by atoms with Crippen LogP contribution in [0, 0.1) is 10.1 Å². The summed E-state index contributed by atoms with van der Waals surface area (Å²) in [6, 6.07) is 5.86. The lowest BCUT2D eigenvalue weighted by Gasteiger charge is -2.06. The number of H-pyrrole nitrogens is 1. The molecule has 1 heterocycles. The molecule has 0 spiro atoms. The van der Waals surface area contributed by atoms with Crippen molar-refractivity contribution in [1.29, 1.82) is 0 Å². The van der Waals surface area contributed by atoms with Gasteiger partial charge in [-0.05, 0) is 18.2 Å². The second kappa shape index (κ2) is 5.60. The summed E-state index contributed by atoms with van der Waals surface area (Å²) in [5.74, 6) is -0.200. The molecule has 9 heteroatoms. The van der Waals surface area contributed by atoms with Crippen LogP contribution in [0.25, 0.3) is 22.4 Å². The molecule has 0 aliphatic rings. The summed E-state index contributed by atoms with van der Waals surface area (Å²) in [5.41, 5.74) is 1.10. The molecule has 3 rings (SSSR count). The van der Waals surface area contributed by atoms with E-state index in [1.165, 1.54) is 19.2 Å². The number of aromatic nitrogens is 2. The van der Waals surface area contributed by atoms with E-state index in [1.54, 1.807) is 12.1 Å². The number of imidazole rings is 1. The molecular weight excluding hydrogens is 345 g/mol. The molecule has 0 atom stereocenters. The van der Waals surface area contributed by atoms with Crippen LogP contribution >= 0.6 is 23.2 Å². The SMILES string of the molecule is COc1cc(-c2nc3cc(Cl)c(Cl)cc3[nH]2)cc([N+](=O)[O-])c1O. The minimum Gasteiger partial charge on any atom is -0.500 e. The topological polar surface area (TPSA) is 101 Å². The maximum Gasteiger partial charge on any atom is 0.315 e. The average molecular weight is 354 g/mol. The second-order valence-corrected chi connectivity index (χ2v) is 5.49. The van der Waals surface area contributed by atoms with Gasteiger partial charge in [0.25, 0.3) is 0 Å². The molecule has 0 saturated carbocycles. The Morgan fingerprint density at radius 2 is 1.96 bits per heavy atom. The lowest BCUT2D eigenvalue weighted by Crippen LogP contribution is -1.94. The zero-order valence-electron chi connectivity index (χ0n) is 11.6. The van der Waals surface area contributed by atoms with Gasteiger partial charge in [0, 0.05) is 11.6 Å². The van der Waals surface area contributed by atoms with E-state index in [0.29, 0.717) is 32.5 Å². The molecule has 118 valence electrons. The number of aromatic amines is 1. The highest BCUT2D eigenvalue weighted by Crippen LogP contribution is 2.40. The first-order chi connectivity index (χ1) is 10.9. The smallest absolute Gasteiger partial charge is 0.315 e. The highest BCUT2D eigenvalue weighted by molar-refractivity contribution is 6.42. The van der Waals surface area contributed by atoms with Gasteiger partial charge in [0.15, 0.2) is 5.75 Å². The first-order valence-corrected chi connectivity index (χ1v) is 7.07. The van der Waals surface area contributed by atoms with E-state index in [9.17, 15) is 15.2 Å². The van der Waals surface area contributed by atoms with E-state index < -0.39 is 16.4 Å². The molecule has 1 aromatic heterocycles. The Hall–Kier alpha value is -2.51. The Kier molecular flexibility index (Phi) is 3.75. The van der Waals surface area contributed by atoms with E-state index in [2.05, 4.69) is 9.97 Å². The van der Waals surface area contributed by atoms with Crippen molar-refractivity contribution in [3.63, 3.8) is 0 Å². The normalized spacial score (nSPS) is 10.9. The molecule has 0 saturated heterocycles. The van der Waals surface area contributed by atoms with Gasteiger partial charge in [-0.1, -0.05) is 23.2 Å². The molecule has 0 amide bonds. The van der Waals surface area contributed by atoms with Gasteiger partial charge in [0.2, 0.25) is 5.75 Å². The fourth-order valence-electron chi connectivity index (χ4n) is 2.17. The summed E-state index contributed by atoms with van der Waals surface area (Å²) in [5, 5.41) is 21.6. The number of nitrogens with one attached hydrogen (secondary N) is 1. The average Bonchev–Trinajstić information content (AvgIpc) is 2.90. The molecule has 2 aromatic carbocycles. The van der Waals surface area contributed by atoms with Crippen molar-refractivity contribution in [2.45, 2.75) is 0 Å². The Balaban J connectivity index is 2.21. The lowest BCUT2D eigenvalue weighted by molar-refractivity contribution is -0.385. The third kappa shape index (κ3) is 2.64. The van der Waals surface area contributed by atoms with Crippen LogP contribution in [0.1, 0.15) is 0 Å². The molecule has 0 fully saturated rings. The summed E-state index contributed by atoms with van der Waals surface area (Å²) in [6.07, 6.45) is 0. The van der Waals surface area contributed by atoms with Crippen LogP contribution in [0.2, 0.25) is 10.0 Å². The van der Waals surface area contributed by atoms with Gasteiger partial charge in [0.05, 0.1) is 33.1 Å². The van der Waals surface area contributed by atoms with Crippen molar-refractivity contribution >= 4 is 39.9 Å². The van der Waals surface area contributed by atoms with Crippen LogP contribution in [-0.2, 0) is 0 Å². The molecular formula is C14H9Cl2N3O4. The Morgan fingerprint density at radius 3 is 2.61 bits per heavy atom. The van der Waals surface area contributed by atoms with Gasteiger partial charge in [-0.15, -0.1) is 0 Å². The number of nitrogens with zero attached hydrogens (tertiary/aromatic N) is 2. The molecule has 0 radical (unpaired) electrons. The summed E-state index contributed by atoms with van der Waals surface area (Å²) in [6.45, 7) is 0. The van der Waals surface area contributed by atoms with Crippen molar-refractivity contribution < 1.29 is 14.8 Å². The minimum atomic E-state index is -0.697. The maximum absolute atomic E-state index is 11.1. The monoisotopic (exact) mass is 353 g/mol. The number of hydrogen-bond acceptors (Lipinski definition) is 5. The van der Waals surface area contributed by atoms with Gasteiger partial charge < -0.3 is 14.8 Å². The van der Waals surface area contributed by atoms with Crippen molar-refractivity contribution in [3.05, 3.63) is 44.4 Å². The summed E-state index contributed by atoms with van der Waals surface area (Å²) in [7, 11) is 1.31. The second-order valence-electron chi connectivity index (χ2n) is 4.67. The van der Waals surface area contributed by atoms with Crippen molar-refractivity contribution in [2.24, 2.45) is 0 Å². The van der Waals surface area contributed by atoms with Gasteiger partial charge >= 0.3 is 5.69 Å². The number of methoxy groups -OCH3 is 1. The van der Waals surface area contributed by atoms with E-state index >= 15 is 0 Å². The summed E-state index contributed by atoms with van der Waals surface area (Å²) in [4.78, 5) is 17.7. The standard InChI is InChI=1S/C14H9Cl2N3O4/c1-23-12-3-6(2-11(13(12)20)19(21)22)14-17-9-4-7(15)8(16)5-10(9)18-14/h2-5,20H,1H3,(H,17,18). The summed E-state index contributed by atoms with van der Waals surface area (Å²) >= 11 is 11.9. The first kappa shape index (κ1) is 15.4. The third-order valence-electron chi connectivity index (χ3n) is 3.27. The molecule has 3 aromatic rings. The number of rotatable bonds is 3. The van der Waals surface area contributed by atoms with Crippen LogP contribution in [-0.4, -0.2) is 27.1 Å². The number of phenols is 1. The Morgan fingerprint density at radius 1 is 1.26 bits per heavy atom. The Labute approximate surface area is 139 Å². The van der Waals surface area contributed by atoms with Crippen LogP contribution < -0.4 is 4.74 Å². The van der Waals surface area contributed by atoms with E-state index in [-0.39, 0.29) is 5.75 Å². The van der Waals surface area contributed by atoms with Gasteiger partial charge in [-0.2, -0.15) is 0 Å². The zero-order valence-corrected chi connectivity index (χ0v) is 13.1.